The molecular weight excluding hydrogens is 272 g/mol. The van der Waals surface area contributed by atoms with Gasteiger partial charge in [0.15, 0.2) is 5.76 Å². The normalized spacial score (nSPS) is 21.4. The molecule has 2 aromatic rings. The van der Waals surface area contributed by atoms with Crippen molar-refractivity contribution < 1.29 is 22.4 Å². The lowest BCUT2D eigenvalue weighted by Gasteiger charge is -2.19. The van der Waals surface area contributed by atoms with Gasteiger partial charge >= 0.3 is 0 Å². The van der Waals surface area contributed by atoms with Crippen molar-refractivity contribution in [1.29, 1.82) is 0 Å². The van der Waals surface area contributed by atoms with Gasteiger partial charge in [0.2, 0.25) is 11.8 Å². The predicted molar refractivity (Wildman–Crippen MR) is 61.1 cm³/mol. The van der Waals surface area contributed by atoms with Gasteiger partial charge in [0.1, 0.15) is 6.04 Å². The smallest absolute Gasteiger partial charge is 0.290 e. The van der Waals surface area contributed by atoms with Crippen molar-refractivity contribution in [3.63, 3.8) is 0 Å². The van der Waals surface area contributed by atoms with Gasteiger partial charge in [-0.1, -0.05) is 0 Å². The van der Waals surface area contributed by atoms with E-state index in [0.29, 0.717) is 0 Å². The Balaban J connectivity index is 1.93. The van der Waals surface area contributed by atoms with E-state index in [1.807, 2.05) is 0 Å². The molecule has 0 bridgehead atoms. The third-order valence-electron chi connectivity index (χ3n) is 3.09. The SMILES string of the molecule is Cc1nnc([C@@H]2CC(F)(F)CN2C(=O)c2ccco2)o1. The summed E-state index contributed by atoms with van der Waals surface area (Å²) < 4.78 is 37.4. The molecule has 1 atom stereocenters. The van der Waals surface area contributed by atoms with E-state index in [2.05, 4.69) is 10.2 Å². The number of furan rings is 1. The lowest BCUT2D eigenvalue weighted by atomic mass is 10.2. The summed E-state index contributed by atoms with van der Waals surface area (Å²) in [5, 5.41) is 7.35. The van der Waals surface area contributed by atoms with Gasteiger partial charge in [0.25, 0.3) is 11.8 Å². The molecular formula is C12H11F2N3O3. The molecule has 0 radical (unpaired) electrons. The van der Waals surface area contributed by atoms with Crippen LogP contribution in [0.3, 0.4) is 0 Å². The van der Waals surface area contributed by atoms with E-state index in [1.54, 1.807) is 6.92 Å². The number of rotatable bonds is 2. The fourth-order valence-electron chi connectivity index (χ4n) is 2.24. The molecule has 1 aliphatic heterocycles. The highest BCUT2D eigenvalue weighted by atomic mass is 19.3. The Morgan fingerprint density at radius 3 is 2.90 bits per heavy atom. The summed E-state index contributed by atoms with van der Waals surface area (Å²) in [5.74, 6) is -3.33. The van der Waals surface area contributed by atoms with Crippen molar-refractivity contribution in [1.82, 2.24) is 15.1 Å². The van der Waals surface area contributed by atoms with Crippen LogP contribution in [0.2, 0.25) is 0 Å². The molecule has 6 nitrogen and oxygen atoms in total. The second-order valence-corrected chi connectivity index (χ2v) is 4.65. The van der Waals surface area contributed by atoms with Crippen molar-refractivity contribution in [2.45, 2.75) is 25.3 Å². The Labute approximate surface area is 112 Å². The number of alkyl halides is 2. The summed E-state index contributed by atoms with van der Waals surface area (Å²) in [4.78, 5) is 13.2. The molecule has 3 rings (SSSR count). The first-order valence-electron chi connectivity index (χ1n) is 5.98. The molecule has 1 aliphatic rings. The summed E-state index contributed by atoms with van der Waals surface area (Å²) in [6.45, 7) is 0.862. The lowest BCUT2D eigenvalue weighted by Crippen LogP contribution is -2.32. The van der Waals surface area contributed by atoms with Gasteiger partial charge in [-0.3, -0.25) is 4.79 Å². The summed E-state index contributed by atoms with van der Waals surface area (Å²) in [6.07, 6.45) is 0.772. The molecule has 8 heteroatoms. The third-order valence-corrected chi connectivity index (χ3v) is 3.09. The minimum atomic E-state index is -2.99. The van der Waals surface area contributed by atoms with Crippen LogP contribution in [0, 0.1) is 6.92 Å². The Morgan fingerprint density at radius 1 is 1.50 bits per heavy atom. The van der Waals surface area contributed by atoms with E-state index in [9.17, 15) is 13.6 Å². The standard InChI is InChI=1S/C12H11F2N3O3/c1-7-15-16-10(20-7)8-5-12(13,14)6-17(8)11(18)9-3-2-4-19-9/h2-4,8H,5-6H2,1H3/t8-/m0/s1. The molecule has 0 aromatic carbocycles. The molecule has 0 unspecified atom stereocenters. The Bertz CT molecular complexity index is 624. The zero-order chi connectivity index (χ0) is 14.3. The van der Waals surface area contributed by atoms with Crippen molar-refractivity contribution in [2.75, 3.05) is 6.54 Å². The molecule has 0 spiro atoms. The van der Waals surface area contributed by atoms with Crippen molar-refractivity contribution >= 4 is 5.91 Å². The Morgan fingerprint density at radius 2 is 2.30 bits per heavy atom. The van der Waals surface area contributed by atoms with Gasteiger partial charge < -0.3 is 13.7 Å². The number of carbonyl (C=O) groups is 1. The van der Waals surface area contributed by atoms with Crippen LogP contribution < -0.4 is 0 Å². The molecule has 0 aliphatic carbocycles. The first-order chi connectivity index (χ1) is 9.46. The van der Waals surface area contributed by atoms with Crippen molar-refractivity contribution in [2.24, 2.45) is 0 Å². The predicted octanol–water partition coefficient (Wildman–Crippen LogP) is 2.19. The fourth-order valence-corrected chi connectivity index (χ4v) is 2.24. The average molecular weight is 283 g/mol. The Kier molecular flexibility index (Phi) is 2.81. The van der Waals surface area contributed by atoms with Crippen LogP contribution in [0.25, 0.3) is 0 Å². The minimum Gasteiger partial charge on any atom is -0.459 e. The summed E-state index contributed by atoms with van der Waals surface area (Å²) in [6, 6.07) is 2.01. The largest absolute Gasteiger partial charge is 0.459 e. The van der Waals surface area contributed by atoms with Crippen LogP contribution in [0.5, 0.6) is 0 Å². The van der Waals surface area contributed by atoms with E-state index in [1.165, 1.54) is 18.4 Å². The van der Waals surface area contributed by atoms with E-state index in [-0.39, 0.29) is 17.5 Å². The maximum Gasteiger partial charge on any atom is 0.290 e. The second-order valence-electron chi connectivity index (χ2n) is 4.65. The molecule has 0 N–H and O–H groups in total. The monoisotopic (exact) mass is 283 g/mol. The van der Waals surface area contributed by atoms with Crippen LogP contribution in [0.4, 0.5) is 8.78 Å². The minimum absolute atomic E-state index is 0.00365. The average Bonchev–Trinajstić information content (AvgIpc) is 3.07. The number of aromatic nitrogens is 2. The number of aryl methyl sites for hydroxylation is 1. The van der Waals surface area contributed by atoms with E-state index < -0.39 is 30.8 Å². The maximum atomic E-state index is 13.6. The number of carbonyl (C=O) groups excluding carboxylic acids is 1. The van der Waals surface area contributed by atoms with Crippen molar-refractivity contribution in [3.8, 4) is 0 Å². The summed E-state index contributed by atoms with van der Waals surface area (Å²) in [5.41, 5.74) is 0. The highest BCUT2D eigenvalue weighted by Crippen LogP contribution is 2.41. The topological polar surface area (TPSA) is 72.4 Å². The molecule has 0 saturated carbocycles. The quantitative estimate of drug-likeness (QED) is 0.844. The molecule has 1 saturated heterocycles. The van der Waals surface area contributed by atoms with Gasteiger partial charge in [0, 0.05) is 13.3 Å². The van der Waals surface area contributed by atoms with Crippen LogP contribution in [-0.2, 0) is 0 Å². The number of likely N-dealkylation sites (tertiary alicyclic amines) is 1. The van der Waals surface area contributed by atoms with Gasteiger partial charge in [-0.15, -0.1) is 10.2 Å². The van der Waals surface area contributed by atoms with Gasteiger partial charge in [-0.05, 0) is 12.1 Å². The molecule has 106 valence electrons. The van der Waals surface area contributed by atoms with E-state index in [0.717, 1.165) is 4.90 Å². The van der Waals surface area contributed by atoms with Gasteiger partial charge in [-0.25, -0.2) is 8.78 Å². The molecule has 1 fully saturated rings. The Hall–Kier alpha value is -2.25. The van der Waals surface area contributed by atoms with Gasteiger partial charge in [-0.2, -0.15) is 0 Å². The maximum absolute atomic E-state index is 13.6. The lowest BCUT2D eigenvalue weighted by molar-refractivity contribution is 0.0113. The number of hydrogen-bond donors (Lipinski definition) is 0. The van der Waals surface area contributed by atoms with E-state index in [4.69, 9.17) is 8.83 Å². The first-order valence-corrected chi connectivity index (χ1v) is 5.98. The summed E-state index contributed by atoms with van der Waals surface area (Å²) >= 11 is 0. The fraction of sp³-hybridized carbons (Fsp3) is 0.417. The molecule has 20 heavy (non-hydrogen) atoms. The van der Waals surface area contributed by atoms with Crippen LogP contribution in [-0.4, -0.2) is 33.5 Å². The van der Waals surface area contributed by atoms with Crippen LogP contribution >= 0.6 is 0 Å². The summed E-state index contributed by atoms with van der Waals surface area (Å²) in [7, 11) is 0. The second kappa shape index (κ2) is 4.39. The van der Waals surface area contributed by atoms with Gasteiger partial charge in [0.05, 0.1) is 12.8 Å². The number of nitrogens with zero attached hydrogens (tertiary/aromatic N) is 3. The van der Waals surface area contributed by atoms with Crippen LogP contribution in [0.15, 0.2) is 27.2 Å². The zero-order valence-corrected chi connectivity index (χ0v) is 10.5. The third kappa shape index (κ3) is 2.17. The van der Waals surface area contributed by atoms with Crippen LogP contribution in [0.1, 0.15) is 34.8 Å². The number of hydrogen-bond acceptors (Lipinski definition) is 5. The highest BCUT2D eigenvalue weighted by molar-refractivity contribution is 5.92. The molecule has 3 heterocycles. The first kappa shape index (κ1) is 12.8. The van der Waals surface area contributed by atoms with E-state index >= 15 is 0 Å². The molecule has 2 aromatic heterocycles. The zero-order valence-electron chi connectivity index (χ0n) is 10.5. The highest BCUT2D eigenvalue weighted by Gasteiger charge is 2.50. The van der Waals surface area contributed by atoms with Crippen molar-refractivity contribution in [3.05, 3.63) is 35.9 Å². The molecule has 1 amide bonds. The number of halogens is 2. The number of amides is 1.